The van der Waals surface area contributed by atoms with Gasteiger partial charge < -0.3 is 14.4 Å². The molecule has 3 aromatic rings. The lowest BCUT2D eigenvalue weighted by atomic mass is 10.1. The quantitative estimate of drug-likeness (QED) is 0.105. The van der Waals surface area contributed by atoms with E-state index in [0.29, 0.717) is 36.0 Å². The highest BCUT2D eigenvalue weighted by Gasteiger charge is 2.21. The third-order valence-electron chi connectivity index (χ3n) is 7.41. The third-order valence-corrected chi connectivity index (χ3v) is 7.74. The molecule has 0 N–H and O–H groups in total. The number of amides is 1. The maximum atomic E-state index is 13.7. The number of aryl methyl sites for hydroxylation is 1. The average Bonchev–Trinajstić information content (AvgIpc) is 3.00. The van der Waals surface area contributed by atoms with E-state index in [0.717, 1.165) is 29.8 Å². The number of benzene rings is 2. The number of ether oxygens (including phenoxy) is 2. The van der Waals surface area contributed by atoms with Gasteiger partial charge in [-0.3, -0.25) is 4.79 Å². The van der Waals surface area contributed by atoms with Crippen molar-refractivity contribution in [1.82, 2.24) is 4.90 Å². The first-order valence-corrected chi connectivity index (χ1v) is 15.7. The fourth-order valence-electron chi connectivity index (χ4n) is 5.01. The highest BCUT2D eigenvalue weighted by molar-refractivity contribution is 6.33. The molecule has 5 nitrogen and oxygen atoms in total. The fraction of sp³-hybridized carbons (Fsp3) is 0.486. The van der Waals surface area contributed by atoms with E-state index >= 15 is 0 Å². The monoisotopic (exact) mass is 579 g/mol. The molecule has 6 heteroatoms. The SMILES string of the molecule is CCCCCCCCCCCCOc1ccc(CN(Cc2ccc[n+](CC)c2)C(=O)c2ccccc2Cl)cc1OC. The molecule has 0 atom stereocenters. The van der Waals surface area contributed by atoms with Gasteiger partial charge in [-0.1, -0.05) is 94.5 Å². The zero-order valence-electron chi connectivity index (χ0n) is 25.2. The summed E-state index contributed by atoms with van der Waals surface area (Å²) in [6, 6.07) is 17.2. The highest BCUT2D eigenvalue weighted by atomic mass is 35.5. The van der Waals surface area contributed by atoms with E-state index in [1.54, 1.807) is 19.2 Å². The van der Waals surface area contributed by atoms with Gasteiger partial charge in [-0.05, 0) is 49.2 Å². The molecule has 3 rings (SSSR count). The van der Waals surface area contributed by atoms with E-state index in [4.69, 9.17) is 21.1 Å². The molecule has 0 aliphatic carbocycles. The Morgan fingerprint density at radius 1 is 0.805 bits per heavy atom. The Kier molecular flexibility index (Phi) is 14.6. The number of carbonyl (C=O) groups excluding carboxylic acids is 1. The maximum absolute atomic E-state index is 13.7. The summed E-state index contributed by atoms with van der Waals surface area (Å²) < 4.78 is 13.9. The zero-order valence-corrected chi connectivity index (χ0v) is 26.0. The van der Waals surface area contributed by atoms with Crippen LogP contribution in [-0.2, 0) is 19.6 Å². The van der Waals surface area contributed by atoms with E-state index in [-0.39, 0.29) is 5.91 Å². The number of rotatable bonds is 19. The summed E-state index contributed by atoms with van der Waals surface area (Å²) in [5, 5.41) is 0.451. The fourth-order valence-corrected chi connectivity index (χ4v) is 5.23. The number of pyridine rings is 1. The number of hydrogen-bond donors (Lipinski definition) is 0. The number of aromatic nitrogens is 1. The Morgan fingerprint density at radius 3 is 2.17 bits per heavy atom. The molecule has 0 bridgehead atoms. The van der Waals surface area contributed by atoms with Crippen molar-refractivity contribution in [2.24, 2.45) is 0 Å². The standard InChI is InChI=1S/C35H48ClN2O3/c1-4-6-7-8-9-10-11-12-13-16-24-41-33-22-21-29(25-34(33)40-3)27-38(28-30-18-17-23-37(5-2)26-30)35(39)31-19-14-15-20-32(31)36/h14-15,17-23,25-26H,4-13,16,24,27-28H2,1-3H3/q+1. The molecule has 1 amide bonds. The number of nitrogens with zero attached hydrogens (tertiary/aromatic N) is 2. The molecular formula is C35H48ClN2O3+. The number of carbonyl (C=O) groups is 1. The predicted molar refractivity (Wildman–Crippen MR) is 168 cm³/mol. The minimum atomic E-state index is -0.109. The van der Waals surface area contributed by atoms with Gasteiger partial charge in [0.15, 0.2) is 23.9 Å². The van der Waals surface area contributed by atoms with Gasteiger partial charge in [0.2, 0.25) is 0 Å². The van der Waals surface area contributed by atoms with E-state index in [9.17, 15) is 4.79 Å². The van der Waals surface area contributed by atoms with Crippen molar-refractivity contribution in [3.05, 3.63) is 88.7 Å². The van der Waals surface area contributed by atoms with Crippen molar-refractivity contribution in [3.8, 4) is 11.5 Å². The van der Waals surface area contributed by atoms with Crippen LogP contribution >= 0.6 is 11.6 Å². The van der Waals surface area contributed by atoms with E-state index < -0.39 is 0 Å². The molecule has 41 heavy (non-hydrogen) atoms. The Morgan fingerprint density at radius 2 is 1.49 bits per heavy atom. The van der Waals surface area contributed by atoms with Crippen LogP contribution in [0.25, 0.3) is 0 Å². The van der Waals surface area contributed by atoms with Crippen molar-refractivity contribution in [1.29, 1.82) is 0 Å². The average molecular weight is 580 g/mol. The van der Waals surface area contributed by atoms with Crippen LogP contribution in [0, 0.1) is 0 Å². The maximum Gasteiger partial charge on any atom is 0.255 e. The number of unbranched alkanes of at least 4 members (excludes halogenated alkanes) is 9. The molecule has 2 aromatic carbocycles. The molecule has 0 unspecified atom stereocenters. The van der Waals surface area contributed by atoms with Crippen molar-refractivity contribution >= 4 is 17.5 Å². The van der Waals surface area contributed by atoms with Gasteiger partial charge in [0.25, 0.3) is 5.91 Å². The summed E-state index contributed by atoms with van der Waals surface area (Å²) >= 11 is 6.42. The molecule has 0 aliphatic heterocycles. The molecule has 0 radical (unpaired) electrons. The Bertz CT molecular complexity index is 1200. The Hall–Kier alpha value is -3.05. The Balaban J connectivity index is 1.59. The van der Waals surface area contributed by atoms with Gasteiger partial charge in [0.05, 0.1) is 30.8 Å². The van der Waals surface area contributed by atoms with E-state index in [1.165, 1.54) is 57.8 Å². The second-order valence-corrected chi connectivity index (χ2v) is 11.1. The molecule has 0 aliphatic rings. The normalized spacial score (nSPS) is 10.9. The minimum Gasteiger partial charge on any atom is -0.493 e. The van der Waals surface area contributed by atoms with Crippen LogP contribution in [0.3, 0.4) is 0 Å². The second kappa shape index (κ2) is 18.4. The zero-order chi connectivity index (χ0) is 29.3. The lowest BCUT2D eigenvalue weighted by Gasteiger charge is -2.24. The summed E-state index contributed by atoms with van der Waals surface area (Å²) in [6.45, 7) is 6.78. The molecule has 0 saturated carbocycles. The van der Waals surface area contributed by atoms with Crippen molar-refractivity contribution in [2.45, 2.75) is 97.7 Å². The summed E-state index contributed by atoms with van der Waals surface area (Å²) in [5.41, 5.74) is 2.52. The second-order valence-electron chi connectivity index (χ2n) is 10.7. The first-order valence-electron chi connectivity index (χ1n) is 15.4. The molecule has 0 fully saturated rings. The highest BCUT2D eigenvalue weighted by Crippen LogP contribution is 2.30. The summed E-state index contributed by atoms with van der Waals surface area (Å²) in [6.07, 6.45) is 17.1. The van der Waals surface area contributed by atoms with Crippen LogP contribution in [0.5, 0.6) is 11.5 Å². The van der Waals surface area contributed by atoms with Crippen molar-refractivity contribution in [2.75, 3.05) is 13.7 Å². The molecule has 1 heterocycles. The van der Waals surface area contributed by atoms with Crippen LogP contribution < -0.4 is 14.0 Å². The van der Waals surface area contributed by atoms with Gasteiger partial charge >= 0.3 is 0 Å². The van der Waals surface area contributed by atoms with Crippen LogP contribution in [-0.4, -0.2) is 24.5 Å². The van der Waals surface area contributed by atoms with Crippen molar-refractivity contribution in [3.63, 3.8) is 0 Å². The van der Waals surface area contributed by atoms with Crippen LogP contribution in [0.4, 0.5) is 0 Å². The summed E-state index contributed by atoms with van der Waals surface area (Å²) in [7, 11) is 1.66. The van der Waals surface area contributed by atoms with Gasteiger partial charge in [-0.25, -0.2) is 4.57 Å². The lowest BCUT2D eigenvalue weighted by Crippen LogP contribution is -2.34. The number of hydrogen-bond acceptors (Lipinski definition) is 3. The molecule has 1 aromatic heterocycles. The first-order chi connectivity index (χ1) is 20.0. The molecule has 0 saturated heterocycles. The summed E-state index contributed by atoms with van der Waals surface area (Å²) in [4.78, 5) is 15.5. The molecular weight excluding hydrogens is 532 g/mol. The molecule has 0 spiro atoms. The van der Waals surface area contributed by atoms with Crippen LogP contribution in [0.2, 0.25) is 5.02 Å². The Labute approximate surface area is 252 Å². The van der Waals surface area contributed by atoms with Gasteiger partial charge in [-0.2, -0.15) is 0 Å². The van der Waals surface area contributed by atoms with Gasteiger partial charge in [0.1, 0.15) is 6.54 Å². The van der Waals surface area contributed by atoms with Gasteiger partial charge in [0, 0.05) is 18.2 Å². The molecule has 222 valence electrons. The topological polar surface area (TPSA) is 42.7 Å². The summed E-state index contributed by atoms with van der Waals surface area (Å²) in [5.74, 6) is 1.31. The van der Waals surface area contributed by atoms with Crippen LogP contribution in [0.15, 0.2) is 67.0 Å². The van der Waals surface area contributed by atoms with E-state index in [1.807, 2.05) is 53.6 Å². The predicted octanol–water partition coefficient (Wildman–Crippen LogP) is 8.80. The number of methoxy groups -OCH3 is 1. The largest absolute Gasteiger partial charge is 0.493 e. The third kappa shape index (κ3) is 11.0. The van der Waals surface area contributed by atoms with Crippen molar-refractivity contribution < 1.29 is 18.8 Å². The smallest absolute Gasteiger partial charge is 0.255 e. The van der Waals surface area contributed by atoms with Gasteiger partial charge in [-0.15, -0.1) is 0 Å². The first kappa shape index (κ1) is 32.5. The minimum absolute atomic E-state index is 0.109. The number of halogens is 1. The van der Waals surface area contributed by atoms with E-state index in [2.05, 4.69) is 24.6 Å². The van der Waals surface area contributed by atoms with Crippen LogP contribution in [0.1, 0.15) is 99.5 Å². The lowest BCUT2D eigenvalue weighted by molar-refractivity contribution is -0.694.